The van der Waals surface area contributed by atoms with Gasteiger partial charge in [-0.25, -0.2) is 19.7 Å². The topological polar surface area (TPSA) is 125 Å². The van der Waals surface area contributed by atoms with Crippen molar-refractivity contribution in [3.8, 4) is 11.1 Å². The molecule has 2 aromatic heterocycles. The third kappa shape index (κ3) is 8.63. The van der Waals surface area contributed by atoms with E-state index in [1.54, 1.807) is 26.2 Å². The van der Waals surface area contributed by atoms with Gasteiger partial charge in [-0.15, -0.1) is 11.3 Å². The predicted molar refractivity (Wildman–Crippen MR) is 123 cm³/mol. The Morgan fingerprint density at radius 3 is 2.15 bits per heavy atom. The van der Waals surface area contributed by atoms with Gasteiger partial charge in [0.05, 0.1) is 5.69 Å². The van der Waals surface area contributed by atoms with Gasteiger partial charge in [-0.2, -0.15) is 13.2 Å². The molecule has 2 heterocycles. The fourth-order valence-electron chi connectivity index (χ4n) is 2.21. The third-order valence-corrected chi connectivity index (χ3v) is 6.23. The van der Waals surface area contributed by atoms with Crippen molar-refractivity contribution in [2.75, 3.05) is 11.9 Å². The molecule has 0 spiro atoms. The second kappa shape index (κ2) is 11.8. The number of benzene rings is 1. The Morgan fingerprint density at radius 2 is 1.62 bits per heavy atom. The third-order valence-electron chi connectivity index (χ3n) is 4.05. The molecule has 0 saturated carbocycles. The number of nitrogens with one attached hydrogen (secondary N) is 1. The lowest BCUT2D eigenvalue weighted by Crippen LogP contribution is -2.26. The summed E-state index contributed by atoms with van der Waals surface area (Å²) in [5, 5.41) is 21.5. The van der Waals surface area contributed by atoms with Crippen LogP contribution >= 0.6 is 23.1 Å². The molecule has 0 aliphatic rings. The van der Waals surface area contributed by atoms with Crippen LogP contribution in [0.25, 0.3) is 11.1 Å². The average Bonchev–Trinajstić information content (AvgIpc) is 3.21. The maximum atomic E-state index is 11.2. The van der Waals surface area contributed by atoms with Crippen molar-refractivity contribution in [2.24, 2.45) is 0 Å². The molecule has 0 aliphatic heterocycles. The highest BCUT2D eigenvalue weighted by molar-refractivity contribution is 8.02. The van der Waals surface area contributed by atoms with E-state index in [-0.39, 0.29) is 0 Å². The number of anilines is 1. The number of aromatic nitrogens is 3. The zero-order valence-electron chi connectivity index (χ0n) is 18.0. The molecule has 1 aromatic carbocycles. The Balaban J connectivity index is 0.000000509. The van der Waals surface area contributed by atoms with E-state index in [4.69, 9.17) is 9.90 Å². The van der Waals surface area contributed by atoms with Gasteiger partial charge in [0.25, 0.3) is 0 Å². The zero-order chi connectivity index (χ0) is 25.4. The second-order valence-electron chi connectivity index (χ2n) is 7.16. The lowest BCUT2D eigenvalue weighted by molar-refractivity contribution is -0.192. The standard InChI is InChI=1S/C19H20N4O2S2.C2HF3O2/c1-19(2,16(24)25)27-18-23-15(12-26-18)8-9-20-17-21-10-14(11-22-17)13-6-4-3-5-7-13;3-2(4,5)1(6)7/h3-7,10-12H,8-9H2,1-2H3,(H,24,25)(H,20,21,22);(H,6,7). The highest BCUT2D eigenvalue weighted by Gasteiger charge is 2.38. The summed E-state index contributed by atoms with van der Waals surface area (Å²) >= 11 is 2.74. The lowest BCUT2D eigenvalue weighted by Gasteiger charge is -2.15. The van der Waals surface area contributed by atoms with Crippen molar-refractivity contribution in [3.05, 3.63) is 53.8 Å². The van der Waals surface area contributed by atoms with Gasteiger partial charge in [-0.3, -0.25) is 4.79 Å². The number of aliphatic carboxylic acids is 2. The molecule has 3 rings (SSSR count). The van der Waals surface area contributed by atoms with E-state index in [0.717, 1.165) is 21.2 Å². The monoisotopic (exact) mass is 514 g/mol. The van der Waals surface area contributed by atoms with Crippen LogP contribution in [0, 0.1) is 0 Å². The molecule has 0 unspecified atom stereocenters. The van der Waals surface area contributed by atoms with Gasteiger partial charge in [0.15, 0.2) is 4.34 Å². The quantitative estimate of drug-likeness (QED) is 0.362. The molecule has 0 atom stereocenters. The van der Waals surface area contributed by atoms with Crippen LogP contribution in [0.4, 0.5) is 19.1 Å². The maximum Gasteiger partial charge on any atom is 0.490 e. The predicted octanol–water partition coefficient (Wildman–Crippen LogP) is 4.84. The Morgan fingerprint density at radius 1 is 1.03 bits per heavy atom. The van der Waals surface area contributed by atoms with Crippen LogP contribution in [0.3, 0.4) is 0 Å². The smallest absolute Gasteiger partial charge is 0.480 e. The maximum absolute atomic E-state index is 11.2. The summed E-state index contributed by atoms with van der Waals surface area (Å²) in [4.78, 5) is 33.3. The lowest BCUT2D eigenvalue weighted by atomic mass is 10.1. The highest BCUT2D eigenvalue weighted by Crippen LogP contribution is 2.34. The fraction of sp³-hybridized carbons (Fsp3) is 0.286. The van der Waals surface area contributed by atoms with Crippen LogP contribution in [0.2, 0.25) is 0 Å². The van der Waals surface area contributed by atoms with Crippen LogP contribution < -0.4 is 5.32 Å². The van der Waals surface area contributed by atoms with Crippen molar-refractivity contribution in [3.63, 3.8) is 0 Å². The van der Waals surface area contributed by atoms with E-state index in [0.29, 0.717) is 18.9 Å². The Hall–Kier alpha value is -3.19. The summed E-state index contributed by atoms with van der Waals surface area (Å²) in [5.74, 6) is -3.03. The number of carboxylic acid groups (broad SMARTS) is 2. The first kappa shape index (κ1) is 27.1. The average molecular weight is 515 g/mol. The number of hydrogen-bond acceptors (Lipinski definition) is 8. The molecule has 182 valence electrons. The number of carboxylic acids is 2. The van der Waals surface area contributed by atoms with Gasteiger partial charge in [-0.1, -0.05) is 42.1 Å². The van der Waals surface area contributed by atoms with Crippen molar-refractivity contribution < 1.29 is 33.0 Å². The first-order chi connectivity index (χ1) is 15.9. The number of rotatable bonds is 8. The molecule has 0 radical (unpaired) electrons. The van der Waals surface area contributed by atoms with E-state index in [1.165, 1.54) is 23.1 Å². The number of hydrogen-bond donors (Lipinski definition) is 3. The summed E-state index contributed by atoms with van der Waals surface area (Å²) in [6.45, 7) is 4.01. The molecule has 0 amide bonds. The van der Waals surface area contributed by atoms with Gasteiger partial charge in [-0.05, 0) is 19.4 Å². The van der Waals surface area contributed by atoms with Crippen molar-refractivity contribution in [1.82, 2.24) is 15.0 Å². The van der Waals surface area contributed by atoms with E-state index < -0.39 is 22.9 Å². The summed E-state index contributed by atoms with van der Waals surface area (Å²) in [7, 11) is 0. The molecule has 3 N–H and O–H groups in total. The van der Waals surface area contributed by atoms with E-state index >= 15 is 0 Å². The number of nitrogens with zero attached hydrogens (tertiary/aromatic N) is 3. The fourth-order valence-corrected chi connectivity index (χ4v) is 4.44. The number of carbonyl (C=O) groups is 2. The van der Waals surface area contributed by atoms with Crippen molar-refractivity contribution in [1.29, 1.82) is 0 Å². The number of alkyl halides is 3. The van der Waals surface area contributed by atoms with Gasteiger partial charge in [0.1, 0.15) is 4.75 Å². The minimum absolute atomic E-state index is 0.575. The molecule has 0 fully saturated rings. The van der Waals surface area contributed by atoms with Crippen molar-refractivity contribution >= 4 is 41.0 Å². The molecule has 0 bridgehead atoms. The van der Waals surface area contributed by atoms with Crippen LogP contribution in [0.5, 0.6) is 0 Å². The molecule has 3 aromatic rings. The van der Waals surface area contributed by atoms with E-state index in [1.807, 2.05) is 35.7 Å². The van der Waals surface area contributed by atoms with Crippen LogP contribution in [-0.4, -0.2) is 54.6 Å². The van der Waals surface area contributed by atoms with Gasteiger partial charge in [0, 0.05) is 36.3 Å². The first-order valence-corrected chi connectivity index (χ1v) is 11.4. The largest absolute Gasteiger partial charge is 0.490 e. The molecule has 13 heteroatoms. The van der Waals surface area contributed by atoms with Crippen LogP contribution in [-0.2, 0) is 16.0 Å². The molecule has 0 aliphatic carbocycles. The van der Waals surface area contributed by atoms with E-state index in [9.17, 15) is 23.1 Å². The minimum Gasteiger partial charge on any atom is -0.480 e. The first-order valence-electron chi connectivity index (χ1n) is 9.67. The van der Waals surface area contributed by atoms with Gasteiger partial charge >= 0.3 is 18.1 Å². The second-order valence-corrected chi connectivity index (χ2v) is 9.89. The summed E-state index contributed by atoms with van der Waals surface area (Å²) in [5.41, 5.74) is 2.99. The summed E-state index contributed by atoms with van der Waals surface area (Å²) in [6.07, 6.45) is -0.763. The summed E-state index contributed by atoms with van der Waals surface area (Å²) in [6, 6.07) is 9.99. The van der Waals surface area contributed by atoms with Gasteiger partial charge < -0.3 is 15.5 Å². The molecular weight excluding hydrogens is 493 g/mol. The molecule has 34 heavy (non-hydrogen) atoms. The summed E-state index contributed by atoms with van der Waals surface area (Å²) < 4.78 is 31.6. The highest BCUT2D eigenvalue weighted by atomic mass is 32.2. The van der Waals surface area contributed by atoms with Crippen molar-refractivity contribution in [2.45, 2.75) is 35.5 Å². The van der Waals surface area contributed by atoms with Crippen LogP contribution in [0.1, 0.15) is 19.5 Å². The Labute approximate surface area is 201 Å². The molecular formula is C21H21F3N4O4S2. The number of thioether (sulfide) groups is 1. The molecule has 8 nitrogen and oxygen atoms in total. The molecule has 0 saturated heterocycles. The van der Waals surface area contributed by atoms with E-state index in [2.05, 4.69) is 20.3 Å². The normalized spacial score (nSPS) is 11.3. The van der Waals surface area contributed by atoms with Gasteiger partial charge in [0.2, 0.25) is 5.95 Å². The Kier molecular flexibility index (Phi) is 9.38. The Bertz CT molecular complexity index is 1090. The van der Waals surface area contributed by atoms with Crippen LogP contribution in [0.15, 0.2) is 52.4 Å². The zero-order valence-corrected chi connectivity index (χ0v) is 19.7. The number of halogens is 3. The minimum atomic E-state index is -5.08. The number of thiazole rings is 1. The SMILES string of the molecule is CC(C)(Sc1nc(CCNc2ncc(-c3ccccc3)cn2)cs1)C(=O)O.O=C(O)C(F)(F)F.